The molecule has 0 amide bonds. The SMILES string of the molecule is c1ccc(N(c2ccc3c(c2)Oc2ccccc2C32c3ccccc3-c3ccccc32)c2ccc3oc4ccccc4c3c2)cc1. The van der Waals surface area contributed by atoms with Crippen molar-refractivity contribution >= 4 is 39.0 Å². The Kier molecular flexibility index (Phi) is 5.20. The molecule has 216 valence electrons. The lowest BCUT2D eigenvalue weighted by Crippen LogP contribution is -2.32. The third kappa shape index (κ3) is 3.37. The largest absolute Gasteiger partial charge is 0.457 e. The van der Waals surface area contributed by atoms with Crippen molar-refractivity contribution < 1.29 is 9.15 Å². The third-order valence-electron chi connectivity index (χ3n) is 9.72. The maximum atomic E-state index is 6.83. The number of fused-ring (bicyclic) bond motifs is 12. The third-order valence-corrected chi connectivity index (χ3v) is 9.72. The van der Waals surface area contributed by atoms with E-state index in [1.54, 1.807) is 0 Å². The van der Waals surface area contributed by atoms with Crippen molar-refractivity contribution in [1.82, 2.24) is 0 Å². The zero-order chi connectivity index (χ0) is 30.2. The fourth-order valence-electron chi connectivity index (χ4n) is 7.87. The second-order valence-corrected chi connectivity index (χ2v) is 12.1. The van der Waals surface area contributed by atoms with E-state index in [0.717, 1.165) is 56.1 Å². The quantitative estimate of drug-likeness (QED) is 0.205. The van der Waals surface area contributed by atoms with Crippen LogP contribution in [-0.4, -0.2) is 0 Å². The molecule has 0 fully saturated rings. The molecular formula is C43H27NO2. The Morgan fingerprint density at radius 2 is 0.978 bits per heavy atom. The van der Waals surface area contributed by atoms with Gasteiger partial charge in [0, 0.05) is 45.0 Å². The molecule has 2 heterocycles. The minimum atomic E-state index is -0.484. The fraction of sp³-hybridized carbons (Fsp3) is 0.0233. The van der Waals surface area contributed by atoms with E-state index in [9.17, 15) is 0 Å². The molecule has 3 nitrogen and oxygen atoms in total. The Labute approximate surface area is 266 Å². The summed E-state index contributed by atoms with van der Waals surface area (Å²) < 4.78 is 13.0. The summed E-state index contributed by atoms with van der Waals surface area (Å²) in [6.45, 7) is 0. The molecule has 0 atom stereocenters. The van der Waals surface area contributed by atoms with Gasteiger partial charge in [-0.1, -0.05) is 109 Å². The van der Waals surface area contributed by atoms with Gasteiger partial charge >= 0.3 is 0 Å². The minimum absolute atomic E-state index is 0.484. The molecule has 3 heteroatoms. The molecule has 1 aliphatic carbocycles. The van der Waals surface area contributed by atoms with Crippen molar-refractivity contribution in [2.45, 2.75) is 5.41 Å². The van der Waals surface area contributed by atoms with E-state index >= 15 is 0 Å². The van der Waals surface area contributed by atoms with Crippen molar-refractivity contribution in [3.8, 4) is 22.6 Å². The Balaban J connectivity index is 1.22. The number of furan rings is 1. The van der Waals surface area contributed by atoms with Gasteiger partial charge in [0.1, 0.15) is 22.7 Å². The predicted molar refractivity (Wildman–Crippen MR) is 186 cm³/mol. The zero-order valence-corrected chi connectivity index (χ0v) is 24.9. The molecule has 0 saturated heterocycles. The van der Waals surface area contributed by atoms with Gasteiger partial charge in [0.15, 0.2) is 0 Å². The molecule has 0 saturated carbocycles. The van der Waals surface area contributed by atoms with Crippen LogP contribution < -0.4 is 9.64 Å². The second kappa shape index (κ2) is 9.47. The first-order chi connectivity index (χ1) is 22.8. The van der Waals surface area contributed by atoms with Gasteiger partial charge in [-0.05, 0) is 70.8 Å². The average Bonchev–Trinajstić information content (AvgIpc) is 3.63. The van der Waals surface area contributed by atoms with E-state index in [1.807, 2.05) is 12.1 Å². The number of benzene rings is 7. The smallest absolute Gasteiger partial charge is 0.135 e. The van der Waals surface area contributed by atoms with Crippen LogP contribution in [0, 0.1) is 0 Å². The molecule has 1 spiro atoms. The number of ether oxygens (including phenoxy) is 1. The first-order valence-corrected chi connectivity index (χ1v) is 15.7. The summed E-state index contributed by atoms with van der Waals surface area (Å²) >= 11 is 0. The lowest BCUT2D eigenvalue weighted by molar-refractivity contribution is 0.436. The number of rotatable bonds is 3. The summed E-state index contributed by atoms with van der Waals surface area (Å²) in [6.07, 6.45) is 0. The van der Waals surface area contributed by atoms with Crippen LogP contribution in [0.25, 0.3) is 33.1 Å². The number of hydrogen-bond acceptors (Lipinski definition) is 3. The minimum Gasteiger partial charge on any atom is -0.457 e. The number of nitrogens with zero attached hydrogens (tertiary/aromatic N) is 1. The summed E-state index contributed by atoms with van der Waals surface area (Å²) in [4.78, 5) is 2.30. The number of anilines is 3. The molecule has 1 aromatic heterocycles. The summed E-state index contributed by atoms with van der Waals surface area (Å²) in [6, 6.07) is 58.1. The lowest BCUT2D eigenvalue weighted by Gasteiger charge is -2.40. The molecule has 1 aliphatic heterocycles. The van der Waals surface area contributed by atoms with Gasteiger partial charge in [0.05, 0.1) is 5.41 Å². The molecule has 0 N–H and O–H groups in total. The van der Waals surface area contributed by atoms with Crippen molar-refractivity contribution in [2.75, 3.05) is 4.90 Å². The van der Waals surface area contributed by atoms with Crippen LogP contribution in [-0.2, 0) is 5.41 Å². The van der Waals surface area contributed by atoms with Crippen LogP contribution in [0.15, 0.2) is 168 Å². The van der Waals surface area contributed by atoms with E-state index in [-0.39, 0.29) is 0 Å². The Morgan fingerprint density at radius 1 is 0.391 bits per heavy atom. The maximum absolute atomic E-state index is 6.83. The van der Waals surface area contributed by atoms with Crippen LogP contribution in [0.2, 0.25) is 0 Å². The Morgan fingerprint density at radius 3 is 1.78 bits per heavy atom. The van der Waals surface area contributed by atoms with Gasteiger partial charge in [0.2, 0.25) is 0 Å². The maximum Gasteiger partial charge on any atom is 0.135 e. The second-order valence-electron chi connectivity index (χ2n) is 12.1. The first kappa shape index (κ1) is 25.3. The molecule has 7 aromatic carbocycles. The van der Waals surface area contributed by atoms with Crippen LogP contribution in [0.4, 0.5) is 17.1 Å². The van der Waals surface area contributed by atoms with Gasteiger partial charge in [-0.25, -0.2) is 0 Å². The normalized spacial score (nSPS) is 13.6. The van der Waals surface area contributed by atoms with Crippen molar-refractivity contribution in [1.29, 1.82) is 0 Å². The molecular weight excluding hydrogens is 562 g/mol. The predicted octanol–water partition coefficient (Wildman–Crippen LogP) is 11.5. The van der Waals surface area contributed by atoms with E-state index in [1.165, 1.54) is 27.8 Å². The molecule has 8 aromatic rings. The highest BCUT2D eigenvalue weighted by atomic mass is 16.5. The van der Waals surface area contributed by atoms with E-state index in [2.05, 4.69) is 157 Å². The summed E-state index contributed by atoms with van der Waals surface area (Å²) in [7, 11) is 0. The standard InChI is InChI=1S/C43H27NO2/c1-2-12-28(13-3-1)44(29-23-25-40-34(26-29)33-16-6-10-20-39(33)45-40)30-22-24-38-42(27-30)46-41-21-11-9-19-37(41)43(38)35-17-7-4-14-31(35)32-15-5-8-18-36(32)43/h1-27H. The van der Waals surface area contributed by atoms with Crippen molar-refractivity contribution in [2.24, 2.45) is 0 Å². The van der Waals surface area contributed by atoms with Gasteiger partial charge in [-0.3, -0.25) is 0 Å². The summed E-state index contributed by atoms with van der Waals surface area (Å²) in [5, 5.41) is 2.20. The van der Waals surface area contributed by atoms with Gasteiger partial charge in [0.25, 0.3) is 0 Å². The topological polar surface area (TPSA) is 25.6 Å². The highest BCUT2D eigenvalue weighted by Crippen LogP contribution is 2.62. The van der Waals surface area contributed by atoms with Crippen molar-refractivity contribution in [3.05, 3.63) is 186 Å². The van der Waals surface area contributed by atoms with E-state index in [4.69, 9.17) is 9.15 Å². The highest BCUT2D eigenvalue weighted by Gasteiger charge is 2.50. The zero-order valence-electron chi connectivity index (χ0n) is 24.9. The number of para-hydroxylation sites is 3. The van der Waals surface area contributed by atoms with E-state index < -0.39 is 5.41 Å². The van der Waals surface area contributed by atoms with Crippen LogP contribution >= 0.6 is 0 Å². The fourth-order valence-corrected chi connectivity index (χ4v) is 7.87. The molecule has 46 heavy (non-hydrogen) atoms. The van der Waals surface area contributed by atoms with Gasteiger partial charge < -0.3 is 14.1 Å². The van der Waals surface area contributed by atoms with Gasteiger partial charge in [-0.15, -0.1) is 0 Å². The lowest BCUT2D eigenvalue weighted by atomic mass is 9.66. The van der Waals surface area contributed by atoms with Crippen LogP contribution in [0.3, 0.4) is 0 Å². The van der Waals surface area contributed by atoms with Crippen LogP contribution in [0.1, 0.15) is 22.3 Å². The number of hydrogen-bond donors (Lipinski definition) is 0. The monoisotopic (exact) mass is 589 g/mol. The van der Waals surface area contributed by atoms with Crippen molar-refractivity contribution in [3.63, 3.8) is 0 Å². The van der Waals surface area contributed by atoms with Crippen LogP contribution in [0.5, 0.6) is 11.5 Å². The highest BCUT2D eigenvalue weighted by molar-refractivity contribution is 6.06. The summed E-state index contributed by atoms with van der Waals surface area (Å²) in [5.74, 6) is 1.75. The van der Waals surface area contributed by atoms with Gasteiger partial charge in [-0.2, -0.15) is 0 Å². The first-order valence-electron chi connectivity index (χ1n) is 15.7. The molecule has 10 rings (SSSR count). The molecule has 2 aliphatic rings. The molecule has 0 unspecified atom stereocenters. The van der Waals surface area contributed by atoms with E-state index in [0.29, 0.717) is 0 Å². The molecule has 0 bridgehead atoms. The molecule has 0 radical (unpaired) electrons. The Bertz CT molecular complexity index is 2430. The average molecular weight is 590 g/mol. The Hall–Kier alpha value is -6.06. The summed E-state index contributed by atoms with van der Waals surface area (Å²) in [5.41, 5.74) is 11.9.